The Balaban J connectivity index is 2.32. The number of carbonyl (C=O) groups excluding carboxylic acids is 1. The molecule has 9 heteroatoms. The van der Waals surface area contributed by atoms with Gasteiger partial charge in [0.2, 0.25) is 11.2 Å². The van der Waals surface area contributed by atoms with Crippen molar-refractivity contribution in [1.29, 1.82) is 0 Å². The summed E-state index contributed by atoms with van der Waals surface area (Å²) in [5.41, 5.74) is 0.532. The molecule has 0 radical (unpaired) electrons. The highest BCUT2D eigenvalue weighted by atomic mass is 35.5. The van der Waals surface area contributed by atoms with Crippen LogP contribution in [0.15, 0.2) is 6.07 Å². The molecule has 2 heterocycles. The van der Waals surface area contributed by atoms with Gasteiger partial charge in [0.15, 0.2) is 0 Å². The van der Waals surface area contributed by atoms with Crippen molar-refractivity contribution in [3.05, 3.63) is 17.0 Å². The first-order valence-electron chi connectivity index (χ1n) is 5.02. The van der Waals surface area contributed by atoms with Crippen LogP contribution in [0.1, 0.15) is 12.1 Å². The van der Waals surface area contributed by atoms with Crippen molar-refractivity contribution in [3.8, 4) is 0 Å². The number of amides is 1. The van der Waals surface area contributed by atoms with E-state index in [1.807, 2.05) is 0 Å². The Hall–Kier alpha value is -1.28. The summed E-state index contributed by atoms with van der Waals surface area (Å²) in [7, 11) is -4.74. The molecule has 0 aromatic carbocycles. The van der Waals surface area contributed by atoms with E-state index in [2.05, 4.69) is 9.97 Å². The Morgan fingerprint density at radius 3 is 2.67 bits per heavy atom. The van der Waals surface area contributed by atoms with Gasteiger partial charge in [-0.1, -0.05) is 0 Å². The minimum atomic E-state index is -4.74. The first-order valence-corrected chi connectivity index (χ1v) is 6.85. The Kier molecular flexibility index (Phi) is 3.24. The average Bonchev–Trinajstić information content (AvgIpc) is 2.58. The summed E-state index contributed by atoms with van der Waals surface area (Å²) in [6.07, 6.45) is -0.389. The van der Waals surface area contributed by atoms with E-state index in [9.17, 15) is 17.1 Å². The molecule has 1 aliphatic rings. The van der Waals surface area contributed by atoms with Crippen molar-refractivity contribution in [2.45, 2.75) is 18.6 Å². The van der Waals surface area contributed by atoms with Crippen molar-refractivity contribution in [2.24, 2.45) is 0 Å². The van der Waals surface area contributed by atoms with Crippen LogP contribution in [0.2, 0.25) is 5.28 Å². The first-order chi connectivity index (χ1) is 8.27. The molecule has 1 aromatic heterocycles. The second kappa shape index (κ2) is 4.43. The van der Waals surface area contributed by atoms with E-state index < -0.39 is 21.4 Å². The molecule has 1 atom stereocenters. The van der Waals surface area contributed by atoms with E-state index in [1.165, 1.54) is 6.07 Å². The van der Waals surface area contributed by atoms with Crippen molar-refractivity contribution in [1.82, 2.24) is 9.97 Å². The van der Waals surface area contributed by atoms with Gasteiger partial charge < -0.3 is 0 Å². The van der Waals surface area contributed by atoms with E-state index in [-0.39, 0.29) is 24.1 Å². The number of carbonyl (C=O) groups is 1. The van der Waals surface area contributed by atoms with E-state index in [0.717, 1.165) is 4.90 Å². The van der Waals surface area contributed by atoms with Gasteiger partial charge in [-0.05, 0) is 18.5 Å². The molecule has 1 saturated heterocycles. The van der Waals surface area contributed by atoms with Crippen LogP contribution in [-0.4, -0.2) is 36.1 Å². The SMILES string of the molecule is Cc1cc(N2CC(S(=O)(=O)F)CC2=O)nc(Cl)n1. The van der Waals surface area contributed by atoms with Crippen molar-refractivity contribution >= 4 is 33.5 Å². The van der Waals surface area contributed by atoms with Crippen LogP contribution in [0, 0.1) is 6.92 Å². The van der Waals surface area contributed by atoms with Gasteiger partial charge >= 0.3 is 10.2 Å². The van der Waals surface area contributed by atoms with E-state index >= 15 is 0 Å². The fourth-order valence-electron chi connectivity index (χ4n) is 1.74. The number of aryl methyl sites for hydroxylation is 1. The van der Waals surface area contributed by atoms with Gasteiger partial charge in [0.1, 0.15) is 11.1 Å². The monoisotopic (exact) mass is 293 g/mol. The molecule has 0 bridgehead atoms. The molecule has 0 N–H and O–H groups in total. The highest BCUT2D eigenvalue weighted by molar-refractivity contribution is 7.87. The fraction of sp³-hybridized carbons (Fsp3) is 0.444. The van der Waals surface area contributed by atoms with Crippen molar-refractivity contribution in [3.63, 3.8) is 0 Å². The quantitative estimate of drug-likeness (QED) is 0.596. The summed E-state index contributed by atoms with van der Waals surface area (Å²) in [5, 5.41) is -1.40. The maximum Gasteiger partial charge on any atom is 0.307 e. The third-order valence-corrected chi connectivity index (χ3v) is 3.86. The zero-order chi connectivity index (χ0) is 13.5. The van der Waals surface area contributed by atoms with E-state index in [0.29, 0.717) is 5.69 Å². The number of rotatable bonds is 2. The number of aromatic nitrogens is 2. The summed E-state index contributed by atoms with van der Waals surface area (Å²) in [6.45, 7) is 1.39. The standard InChI is InChI=1S/C9H9ClFN3O3S/c1-5-2-7(13-9(10)12-5)14-4-6(3-8(14)15)18(11,16)17/h2,6H,3-4H2,1H3. The van der Waals surface area contributed by atoms with Crippen LogP contribution in [0.3, 0.4) is 0 Å². The zero-order valence-corrected chi connectivity index (χ0v) is 10.9. The van der Waals surface area contributed by atoms with Gasteiger partial charge in [0.25, 0.3) is 0 Å². The molecule has 98 valence electrons. The highest BCUT2D eigenvalue weighted by Gasteiger charge is 2.39. The highest BCUT2D eigenvalue weighted by Crippen LogP contribution is 2.25. The summed E-state index contributed by atoms with van der Waals surface area (Å²) in [5.74, 6) is -0.320. The van der Waals surface area contributed by atoms with Gasteiger partial charge in [-0.15, -0.1) is 3.89 Å². The van der Waals surface area contributed by atoms with Crippen LogP contribution >= 0.6 is 11.6 Å². The smallest absolute Gasteiger partial charge is 0.295 e. The van der Waals surface area contributed by atoms with Crippen LogP contribution < -0.4 is 4.90 Å². The number of hydrogen-bond acceptors (Lipinski definition) is 5. The molecule has 1 unspecified atom stereocenters. The van der Waals surface area contributed by atoms with Crippen LogP contribution in [0.5, 0.6) is 0 Å². The fourth-order valence-corrected chi connectivity index (χ4v) is 2.63. The van der Waals surface area contributed by atoms with E-state index in [1.54, 1.807) is 6.92 Å². The lowest BCUT2D eigenvalue weighted by Gasteiger charge is -2.15. The number of halogens is 2. The first kappa shape index (κ1) is 13.2. The summed E-state index contributed by atoms with van der Waals surface area (Å²) in [6, 6.07) is 1.48. The van der Waals surface area contributed by atoms with Gasteiger partial charge in [0.05, 0.1) is 0 Å². The molecule has 0 saturated carbocycles. The van der Waals surface area contributed by atoms with Gasteiger partial charge in [-0.25, -0.2) is 9.97 Å². The average molecular weight is 294 g/mol. The normalized spacial score (nSPS) is 20.5. The van der Waals surface area contributed by atoms with Crippen LogP contribution in [0.25, 0.3) is 0 Å². The second-order valence-electron chi connectivity index (χ2n) is 3.94. The summed E-state index contributed by atoms with van der Waals surface area (Å²) in [4.78, 5) is 20.4. The molecular weight excluding hydrogens is 285 g/mol. The number of anilines is 1. The minimum absolute atomic E-state index is 0.0515. The number of nitrogens with zero attached hydrogens (tertiary/aromatic N) is 3. The molecule has 18 heavy (non-hydrogen) atoms. The zero-order valence-electron chi connectivity index (χ0n) is 9.30. The molecule has 1 fully saturated rings. The van der Waals surface area contributed by atoms with Gasteiger partial charge in [0, 0.05) is 24.7 Å². The Morgan fingerprint density at radius 1 is 1.50 bits per heavy atom. The van der Waals surface area contributed by atoms with Crippen molar-refractivity contribution in [2.75, 3.05) is 11.4 Å². The molecule has 1 amide bonds. The number of hydrogen-bond donors (Lipinski definition) is 0. The molecule has 0 spiro atoms. The maximum absolute atomic E-state index is 12.8. The molecular formula is C9H9ClFN3O3S. The summed E-state index contributed by atoms with van der Waals surface area (Å²) < 4.78 is 34.4. The molecule has 0 aliphatic carbocycles. The Morgan fingerprint density at radius 2 is 2.17 bits per heavy atom. The van der Waals surface area contributed by atoms with E-state index in [4.69, 9.17) is 11.6 Å². The predicted octanol–water partition coefficient (Wildman–Crippen LogP) is 0.843. The van der Waals surface area contributed by atoms with Gasteiger partial charge in [-0.2, -0.15) is 8.42 Å². The van der Waals surface area contributed by atoms with Crippen molar-refractivity contribution < 1.29 is 17.1 Å². The third-order valence-electron chi connectivity index (χ3n) is 2.58. The predicted molar refractivity (Wildman–Crippen MR) is 62.6 cm³/mol. The largest absolute Gasteiger partial charge is 0.307 e. The van der Waals surface area contributed by atoms with Gasteiger partial charge in [-0.3, -0.25) is 9.69 Å². The lowest BCUT2D eigenvalue weighted by Crippen LogP contribution is -2.28. The lowest BCUT2D eigenvalue weighted by atomic mass is 10.4. The maximum atomic E-state index is 12.8. The summed E-state index contributed by atoms with van der Waals surface area (Å²) >= 11 is 5.65. The van der Waals surface area contributed by atoms with Crippen LogP contribution in [-0.2, 0) is 15.0 Å². The Bertz CT molecular complexity index is 587. The minimum Gasteiger partial charge on any atom is -0.295 e. The molecule has 1 aromatic rings. The Labute approximate surface area is 108 Å². The van der Waals surface area contributed by atoms with Crippen LogP contribution in [0.4, 0.5) is 9.70 Å². The molecule has 6 nitrogen and oxygen atoms in total. The molecule has 2 rings (SSSR count). The second-order valence-corrected chi connectivity index (χ2v) is 5.90. The topological polar surface area (TPSA) is 80.2 Å². The lowest BCUT2D eigenvalue weighted by molar-refractivity contribution is -0.117. The molecule has 1 aliphatic heterocycles. The third kappa shape index (κ3) is 2.59.